The normalized spacial score (nSPS) is 28.2. The average Bonchev–Trinajstić information content (AvgIpc) is 3.10. The molecule has 0 saturated heterocycles. The van der Waals surface area contributed by atoms with Crippen LogP contribution < -0.4 is 5.32 Å². The molecular weight excluding hydrogens is 254 g/mol. The highest BCUT2D eigenvalue weighted by atomic mass is 35.5. The molecule has 2 fully saturated rings. The van der Waals surface area contributed by atoms with Crippen LogP contribution in [0.25, 0.3) is 0 Å². The predicted octanol–water partition coefficient (Wildman–Crippen LogP) is 4.61. The number of nitrogens with one attached hydrogen (secondary N) is 1. The van der Waals surface area contributed by atoms with Gasteiger partial charge >= 0.3 is 0 Å². The zero-order chi connectivity index (χ0) is 13.5. The number of benzene rings is 1. The van der Waals surface area contributed by atoms with Gasteiger partial charge in [0.25, 0.3) is 0 Å². The summed E-state index contributed by atoms with van der Waals surface area (Å²) in [5.41, 5.74) is 2.08. The Hall–Kier alpha value is -0.530. The summed E-state index contributed by atoms with van der Waals surface area (Å²) < 4.78 is 0. The lowest BCUT2D eigenvalue weighted by molar-refractivity contribution is 0.247. The molecule has 0 heterocycles. The van der Waals surface area contributed by atoms with Gasteiger partial charge in [0.15, 0.2) is 0 Å². The molecule has 2 saturated carbocycles. The summed E-state index contributed by atoms with van der Waals surface area (Å²) in [6.07, 6.45) is 5.42. The highest BCUT2D eigenvalue weighted by Crippen LogP contribution is 2.51. The second kappa shape index (κ2) is 5.10. The van der Waals surface area contributed by atoms with Gasteiger partial charge in [0.1, 0.15) is 0 Å². The van der Waals surface area contributed by atoms with Gasteiger partial charge in [0.2, 0.25) is 0 Å². The Labute approximate surface area is 121 Å². The second-order valence-electron chi connectivity index (χ2n) is 6.81. The summed E-state index contributed by atoms with van der Waals surface area (Å²) in [7, 11) is 0. The van der Waals surface area contributed by atoms with Crippen molar-refractivity contribution in [3.05, 3.63) is 34.9 Å². The maximum Gasteiger partial charge on any atom is 0.0406 e. The molecule has 2 heteroatoms. The van der Waals surface area contributed by atoms with E-state index in [1.165, 1.54) is 37.8 Å². The van der Waals surface area contributed by atoms with E-state index in [1.807, 2.05) is 12.1 Å². The van der Waals surface area contributed by atoms with E-state index >= 15 is 0 Å². The fourth-order valence-corrected chi connectivity index (χ4v) is 3.38. The smallest absolute Gasteiger partial charge is 0.0406 e. The zero-order valence-electron chi connectivity index (χ0n) is 12.0. The topological polar surface area (TPSA) is 12.0 Å². The van der Waals surface area contributed by atoms with Crippen LogP contribution >= 0.6 is 11.6 Å². The summed E-state index contributed by atoms with van der Waals surface area (Å²) in [5, 5.41) is 4.63. The average molecular weight is 278 g/mol. The number of hydrogen-bond acceptors (Lipinski definition) is 1. The highest BCUT2D eigenvalue weighted by Gasteiger charge is 2.45. The number of halogens is 1. The molecule has 0 aromatic heterocycles. The Morgan fingerprint density at radius 2 is 1.84 bits per heavy atom. The molecule has 0 amide bonds. The van der Waals surface area contributed by atoms with E-state index in [-0.39, 0.29) is 0 Å². The number of hydrogen-bond donors (Lipinski definition) is 1. The van der Waals surface area contributed by atoms with Gasteiger partial charge in [0, 0.05) is 17.6 Å². The van der Waals surface area contributed by atoms with E-state index in [2.05, 4.69) is 31.3 Å². The Morgan fingerprint density at radius 1 is 1.21 bits per heavy atom. The van der Waals surface area contributed by atoms with Gasteiger partial charge < -0.3 is 5.32 Å². The standard InChI is InChI=1S/C17H24ClN/c1-12(2)17(7-8-17)11-19-16-9-14(10-16)13-3-5-15(18)6-4-13/h3-6,12,14,16,19H,7-11H2,1-2H3. The van der Waals surface area contributed by atoms with E-state index in [0.717, 1.165) is 22.9 Å². The molecule has 1 aromatic rings. The van der Waals surface area contributed by atoms with Gasteiger partial charge in [-0.15, -0.1) is 0 Å². The third kappa shape index (κ3) is 2.83. The summed E-state index contributed by atoms with van der Waals surface area (Å²) >= 11 is 5.93. The van der Waals surface area contributed by atoms with Gasteiger partial charge in [-0.05, 0) is 60.6 Å². The Bertz CT molecular complexity index is 427. The van der Waals surface area contributed by atoms with E-state index in [0.29, 0.717) is 5.41 Å². The molecule has 0 aliphatic heterocycles. The van der Waals surface area contributed by atoms with Crippen molar-refractivity contribution in [1.82, 2.24) is 5.32 Å². The molecule has 1 aromatic carbocycles. The second-order valence-corrected chi connectivity index (χ2v) is 7.25. The molecule has 2 aliphatic rings. The Kier molecular flexibility index (Phi) is 3.61. The van der Waals surface area contributed by atoms with Gasteiger partial charge in [-0.3, -0.25) is 0 Å². The van der Waals surface area contributed by atoms with Crippen LogP contribution in [0.15, 0.2) is 24.3 Å². The molecule has 0 unspecified atom stereocenters. The van der Waals surface area contributed by atoms with Crippen LogP contribution in [0.2, 0.25) is 5.02 Å². The molecule has 2 aliphatic carbocycles. The van der Waals surface area contributed by atoms with Gasteiger partial charge in [-0.2, -0.15) is 0 Å². The van der Waals surface area contributed by atoms with Crippen LogP contribution in [-0.2, 0) is 0 Å². The summed E-state index contributed by atoms with van der Waals surface area (Å²) in [6, 6.07) is 9.11. The SMILES string of the molecule is CC(C)C1(CNC2CC(c3ccc(Cl)cc3)C2)CC1. The first-order valence-electron chi connectivity index (χ1n) is 7.58. The molecule has 0 atom stereocenters. The monoisotopic (exact) mass is 277 g/mol. The Balaban J connectivity index is 1.44. The summed E-state index contributed by atoms with van der Waals surface area (Å²) in [6.45, 7) is 5.96. The van der Waals surface area contributed by atoms with E-state index in [9.17, 15) is 0 Å². The minimum atomic E-state index is 0.630. The fraction of sp³-hybridized carbons (Fsp3) is 0.647. The highest BCUT2D eigenvalue weighted by molar-refractivity contribution is 6.30. The van der Waals surface area contributed by atoms with Crippen molar-refractivity contribution in [3.8, 4) is 0 Å². The third-order valence-electron chi connectivity index (χ3n) is 5.34. The molecule has 19 heavy (non-hydrogen) atoms. The van der Waals surface area contributed by atoms with Crippen molar-refractivity contribution >= 4 is 11.6 Å². The first kappa shape index (κ1) is 13.5. The Morgan fingerprint density at radius 3 is 2.37 bits per heavy atom. The lowest BCUT2D eigenvalue weighted by atomic mass is 9.75. The zero-order valence-corrected chi connectivity index (χ0v) is 12.7. The lowest BCUT2D eigenvalue weighted by Crippen LogP contribution is -2.43. The van der Waals surface area contributed by atoms with Crippen molar-refractivity contribution in [2.75, 3.05) is 6.54 Å². The van der Waals surface area contributed by atoms with Gasteiger partial charge in [-0.25, -0.2) is 0 Å². The maximum atomic E-state index is 5.93. The summed E-state index contributed by atoms with van der Waals surface area (Å²) in [5.74, 6) is 1.57. The molecule has 0 radical (unpaired) electrons. The predicted molar refractivity (Wildman–Crippen MR) is 81.7 cm³/mol. The van der Waals surface area contributed by atoms with Crippen LogP contribution in [0.3, 0.4) is 0 Å². The van der Waals surface area contributed by atoms with Crippen LogP contribution in [0.4, 0.5) is 0 Å². The van der Waals surface area contributed by atoms with E-state index < -0.39 is 0 Å². The van der Waals surface area contributed by atoms with Crippen molar-refractivity contribution < 1.29 is 0 Å². The van der Waals surface area contributed by atoms with Crippen molar-refractivity contribution in [2.24, 2.45) is 11.3 Å². The maximum absolute atomic E-state index is 5.93. The molecule has 0 spiro atoms. The van der Waals surface area contributed by atoms with Gasteiger partial charge in [0.05, 0.1) is 0 Å². The van der Waals surface area contributed by atoms with Gasteiger partial charge in [-0.1, -0.05) is 37.6 Å². The van der Waals surface area contributed by atoms with Crippen LogP contribution in [0, 0.1) is 11.3 Å². The number of rotatable bonds is 5. The minimum absolute atomic E-state index is 0.630. The molecular formula is C17H24ClN. The molecule has 0 bridgehead atoms. The molecule has 1 nitrogen and oxygen atoms in total. The van der Waals surface area contributed by atoms with Crippen molar-refractivity contribution in [2.45, 2.75) is 51.5 Å². The lowest BCUT2D eigenvalue weighted by Gasteiger charge is -2.38. The van der Waals surface area contributed by atoms with E-state index in [4.69, 9.17) is 11.6 Å². The first-order valence-corrected chi connectivity index (χ1v) is 7.96. The minimum Gasteiger partial charge on any atom is -0.313 e. The summed E-state index contributed by atoms with van der Waals surface area (Å²) in [4.78, 5) is 0. The van der Waals surface area contributed by atoms with Crippen LogP contribution in [0.1, 0.15) is 51.0 Å². The van der Waals surface area contributed by atoms with Crippen molar-refractivity contribution in [1.29, 1.82) is 0 Å². The molecule has 3 rings (SSSR count). The first-order chi connectivity index (χ1) is 9.09. The van der Waals surface area contributed by atoms with Crippen LogP contribution in [0.5, 0.6) is 0 Å². The van der Waals surface area contributed by atoms with Crippen LogP contribution in [-0.4, -0.2) is 12.6 Å². The third-order valence-corrected chi connectivity index (χ3v) is 5.59. The van der Waals surface area contributed by atoms with E-state index in [1.54, 1.807) is 0 Å². The molecule has 1 N–H and O–H groups in total. The largest absolute Gasteiger partial charge is 0.313 e. The quantitative estimate of drug-likeness (QED) is 0.829. The fourth-order valence-electron chi connectivity index (χ4n) is 3.26. The van der Waals surface area contributed by atoms with Crippen molar-refractivity contribution in [3.63, 3.8) is 0 Å². The molecule has 104 valence electrons.